The van der Waals surface area contributed by atoms with E-state index in [1.165, 1.54) is 6.07 Å². The summed E-state index contributed by atoms with van der Waals surface area (Å²) in [4.78, 5) is 14.0. The van der Waals surface area contributed by atoms with E-state index in [4.69, 9.17) is 0 Å². The van der Waals surface area contributed by atoms with Crippen molar-refractivity contribution < 1.29 is 14.3 Å². The number of aliphatic hydroxyl groups is 1. The molecule has 1 aromatic carbocycles. The first-order valence-electron chi connectivity index (χ1n) is 7.55. The molecule has 1 fully saturated rings. The number of nitrogens with one attached hydrogen (secondary N) is 1. The summed E-state index contributed by atoms with van der Waals surface area (Å²) >= 11 is 0. The van der Waals surface area contributed by atoms with Crippen molar-refractivity contribution in [2.24, 2.45) is 0 Å². The molecule has 116 valence electrons. The Morgan fingerprint density at radius 2 is 2.05 bits per heavy atom. The number of aliphatic hydroxyl groups excluding tert-OH is 1. The predicted molar refractivity (Wildman–Crippen MR) is 79.4 cm³/mol. The lowest BCUT2D eigenvalue weighted by Gasteiger charge is -2.29. The van der Waals surface area contributed by atoms with Gasteiger partial charge in [0.25, 0.3) is 0 Å². The number of likely N-dealkylation sites (tertiary alicyclic amines) is 1. The van der Waals surface area contributed by atoms with Crippen LogP contribution >= 0.6 is 0 Å². The average molecular weight is 294 g/mol. The average Bonchev–Trinajstić information content (AvgIpc) is 2.48. The van der Waals surface area contributed by atoms with Gasteiger partial charge in [0.2, 0.25) is 5.91 Å². The van der Waals surface area contributed by atoms with Gasteiger partial charge in [0.15, 0.2) is 0 Å². The summed E-state index contributed by atoms with van der Waals surface area (Å²) in [5.41, 5.74) is 0.431. The van der Waals surface area contributed by atoms with Gasteiger partial charge in [-0.25, -0.2) is 4.39 Å². The fourth-order valence-electron chi connectivity index (χ4n) is 2.55. The molecule has 1 heterocycles. The Labute approximate surface area is 125 Å². The van der Waals surface area contributed by atoms with E-state index in [0.29, 0.717) is 12.1 Å². The standard InChI is InChI=1S/C16H23FN2O2/c17-15-5-2-1-4-13(15)12-16(21)18-8-3-9-19-10-6-14(20)7-11-19/h1-2,4-5,14,20H,3,6-12H2,(H,18,21). The molecule has 0 bridgehead atoms. The van der Waals surface area contributed by atoms with Crippen molar-refractivity contribution in [3.63, 3.8) is 0 Å². The fraction of sp³-hybridized carbons (Fsp3) is 0.562. The van der Waals surface area contributed by atoms with E-state index in [2.05, 4.69) is 10.2 Å². The van der Waals surface area contributed by atoms with Crippen LogP contribution in [0.1, 0.15) is 24.8 Å². The Kier molecular flexibility index (Phi) is 6.14. The molecule has 0 spiro atoms. The molecular formula is C16H23FN2O2. The Morgan fingerprint density at radius 1 is 1.33 bits per heavy atom. The number of halogens is 1. The first kappa shape index (κ1) is 15.9. The van der Waals surface area contributed by atoms with Crippen LogP contribution in [0.3, 0.4) is 0 Å². The third kappa shape index (κ3) is 5.44. The van der Waals surface area contributed by atoms with E-state index >= 15 is 0 Å². The van der Waals surface area contributed by atoms with Crippen LogP contribution in [0.2, 0.25) is 0 Å². The van der Waals surface area contributed by atoms with Crippen LogP contribution in [0, 0.1) is 5.82 Å². The van der Waals surface area contributed by atoms with Gasteiger partial charge in [-0.2, -0.15) is 0 Å². The third-order valence-electron chi connectivity index (χ3n) is 3.84. The van der Waals surface area contributed by atoms with E-state index in [-0.39, 0.29) is 24.2 Å². The van der Waals surface area contributed by atoms with E-state index in [9.17, 15) is 14.3 Å². The number of nitrogens with zero attached hydrogens (tertiary/aromatic N) is 1. The SMILES string of the molecule is O=C(Cc1ccccc1F)NCCCN1CCC(O)CC1. The zero-order valence-electron chi connectivity index (χ0n) is 12.2. The van der Waals surface area contributed by atoms with Gasteiger partial charge < -0.3 is 15.3 Å². The number of carbonyl (C=O) groups is 1. The number of amides is 1. The Hall–Kier alpha value is -1.46. The fourth-order valence-corrected chi connectivity index (χ4v) is 2.55. The topological polar surface area (TPSA) is 52.6 Å². The second kappa shape index (κ2) is 8.10. The Balaban J connectivity index is 1.60. The summed E-state index contributed by atoms with van der Waals surface area (Å²) in [6, 6.07) is 6.35. The van der Waals surface area contributed by atoms with Gasteiger partial charge in [-0.05, 0) is 37.4 Å². The van der Waals surface area contributed by atoms with E-state index in [1.54, 1.807) is 18.2 Å². The van der Waals surface area contributed by atoms with Crippen molar-refractivity contribution in [2.45, 2.75) is 31.8 Å². The molecule has 1 saturated heterocycles. The van der Waals surface area contributed by atoms with E-state index in [1.807, 2.05) is 0 Å². The van der Waals surface area contributed by atoms with Crippen LogP contribution in [-0.2, 0) is 11.2 Å². The maximum absolute atomic E-state index is 13.4. The molecule has 0 unspecified atom stereocenters. The molecule has 21 heavy (non-hydrogen) atoms. The first-order valence-corrected chi connectivity index (χ1v) is 7.55. The molecule has 0 aromatic heterocycles. The number of benzene rings is 1. The Morgan fingerprint density at radius 3 is 2.76 bits per heavy atom. The van der Waals surface area contributed by atoms with Crippen molar-refractivity contribution in [1.82, 2.24) is 10.2 Å². The normalized spacial score (nSPS) is 16.9. The lowest BCUT2D eigenvalue weighted by Crippen LogP contribution is -2.37. The quantitative estimate of drug-likeness (QED) is 0.778. The Bertz CT molecular complexity index is 459. The minimum Gasteiger partial charge on any atom is -0.393 e. The molecule has 0 radical (unpaired) electrons. The molecule has 1 aliphatic rings. The lowest BCUT2D eigenvalue weighted by molar-refractivity contribution is -0.120. The van der Waals surface area contributed by atoms with Crippen molar-refractivity contribution in [3.8, 4) is 0 Å². The highest BCUT2D eigenvalue weighted by molar-refractivity contribution is 5.78. The predicted octanol–water partition coefficient (Wildman–Crippen LogP) is 1.33. The molecule has 4 nitrogen and oxygen atoms in total. The van der Waals surface area contributed by atoms with Crippen molar-refractivity contribution in [1.29, 1.82) is 0 Å². The molecule has 0 saturated carbocycles. The van der Waals surface area contributed by atoms with Gasteiger partial charge in [-0.3, -0.25) is 4.79 Å². The number of carbonyl (C=O) groups excluding carboxylic acids is 1. The number of hydrogen-bond donors (Lipinski definition) is 2. The molecule has 1 aromatic rings. The van der Waals surface area contributed by atoms with Crippen LogP contribution in [0.25, 0.3) is 0 Å². The maximum Gasteiger partial charge on any atom is 0.224 e. The van der Waals surface area contributed by atoms with Gasteiger partial charge in [0, 0.05) is 19.6 Å². The van der Waals surface area contributed by atoms with Crippen LogP contribution in [0.5, 0.6) is 0 Å². The first-order chi connectivity index (χ1) is 10.1. The van der Waals surface area contributed by atoms with Crippen molar-refractivity contribution in [2.75, 3.05) is 26.2 Å². The number of piperidine rings is 1. The molecule has 2 rings (SSSR count). The minimum atomic E-state index is -0.334. The summed E-state index contributed by atoms with van der Waals surface area (Å²) in [6.07, 6.45) is 2.47. The van der Waals surface area contributed by atoms with Crippen LogP contribution in [0.15, 0.2) is 24.3 Å². The van der Waals surface area contributed by atoms with Crippen LogP contribution in [0.4, 0.5) is 4.39 Å². The highest BCUT2D eigenvalue weighted by atomic mass is 19.1. The summed E-state index contributed by atoms with van der Waals surface area (Å²) in [7, 11) is 0. The summed E-state index contributed by atoms with van der Waals surface area (Å²) < 4.78 is 13.4. The monoisotopic (exact) mass is 294 g/mol. The molecule has 2 N–H and O–H groups in total. The molecular weight excluding hydrogens is 271 g/mol. The summed E-state index contributed by atoms with van der Waals surface area (Å²) in [5.74, 6) is -0.478. The summed E-state index contributed by atoms with van der Waals surface area (Å²) in [5, 5.41) is 12.2. The molecule has 5 heteroatoms. The number of rotatable bonds is 6. The maximum atomic E-state index is 13.4. The smallest absolute Gasteiger partial charge is 0.224 e. The van der Waals surface area contributed by atoms with Gasteiger partial charge in [-0.15, -0.1) is 0 Å². The van der Waals surface area contributed by atoms with E-state index in [0.717, 1.165) is 38.9 Å². The molecule has 1 aliphatic heterocycles. The summed E-state index contributed by atoms with van der Waals surface area (Å²) in [6.45, 7) is 3.37. The molecule has 0 aliphatic carbocycles. The van der Waals surface area contributed by atoms with Gasteiger partial charge in [0.05, 0.1) is 12.5 Å². The van der Waals surface area contributed by atoms with Crippen molar-refractivity contribution >= 4 is 5.91 Å². The minimum absolute atomic E-state index is 0.0859. The van der Waals surface area contributed by atoms with Crippen LogP contribution < -0.4 is 5.32 Å². The van der Waals surface area contributed by atoms with Crippen LogP contribution in [-0.4, -0.2) is 48.2 Å². The molecule has 1 amide bonds. The van der Waals surface area contributed by atoms with Crippen molar-refractivity contribution in [3.05, 3.63) is 35.6 Å². The second-order valence-corrected chi connectivity index (χ2v) is 5.54. The third-order valence-corrected chi connectivity index (χ3v) is 3.84. The number of hydrogen-bond acceptors (Lipinski definition) is 3. The zero-order valence-corrected chi connectivity index (χ0v) is 12.2. The highest BCUT2D eigenvalue weighted by Gasteiger charge is 2.16. The van der Waals surface area contributed by atoms with Gasteiger partial charge in [0.1, 0.15) is 5.82 Å². The largest absolute Gasteiger partial charge is 0.393 e. The van der Waals surface area contributed by atoms with E-state index < -0.39 is 0 Å². The highest BCUT2D eigenvalue weighted by Crippen LogP contribution is 2.10. The molecule has 0 atom stereocenters. The lowest BCUT2D eigenvalue weighted by atomic mass is 10.1. The van der Waals surface area contributed by atoms with Gasteiger partial charge >= 0.3 is 0 Å². The second-order valence-electron chi connectivity index (χ2n) is 5.54. The zero-order chi connectivity index (χ0) is 15.1. The van der Waals surface area contributed by atoms with Gasteiger partial charge in [-0.1, -0.05) is 18.2 Å².